The number of amides is 2. The molecule has 0 aliphatic heterocycles. The highest BCUT2D eigenvalue weighted by Gasteiger charge is 2.32. The Morgan fingerprint density at radius 2 is 1.61 bits per heavy atom. The lowest BCUT2D eigenvalue weighted by atomic mass is 9.98. The highest BCUT2D eigenvalue weighted by molar-refractivity contribution is 5.86. The van der Waals surface area contributed by atoms with Gasteiger partial charge in [0.1, 0.15) is 12.6 Å². The number of hydrogen-bond donors (Lipinski definition) is 4. The van der Waals surface area contributed by atoms with Crippen LogP contribution in [-0.4, -0.2) is 53.5 Å². The third-order valence-electron chi connectivity index (χ3n) is 6.22. The number of alkyl carbamates (subject to hydrolysis) is 1. The summed E-state index contributed by atoms with van der Waals surface area (Å²) >= 11 is 0. The van der Waals surface area contributed by atoms with Gasteiger partial charge in [-0.3, -0.25) is 4.79 Å². The molecule has 33 heavy (non-hydrogen) atoms. The standard InChI is InChI=1S/C25H28N2O6/c28-22(24(30)31)11-12-26-23(29)21(13-15-9-10-15)27-25(32)33-14-20-18-7-3-1-5-16(18)17-6-2-4-8-19(17)20/h1-8,15,20-22,28H,9-14H2,(H,26,29)(H,27,32)(H,30,31). The lowest BCUT2D eigenvalue weighted by Crippen LogP contribution is -2.48. The summed E-state index contributed by atoms with van der Waals surface area (Å²) in [6, 6.07) is 15.3. The number of carboxylic acid groups (broad SMARTS) is 1. The van der Waals surface area contributed by atoms with Crippen molar-refractivity contribution in [2.75, 3.05) is 13.2 Å². The first-order valence-corrected chi connectivity index (χ1v) is 11.2. The fourth-order valence-corrected chi connectivity index (χ4v) is 4.28. The number of carbonyl (C=O) groups excluding carboxylic acids is 2. The number of rotatable bonds is 10. The first-order valence-electron chi connectivity index (χ1n) is 11.2. The van der Waals surface area contributed by atoms with E-state index in [4.69, 9.17) is 9.84 Å². The van der Waals surface area contributed by atoms with Crippen LogP contribution in [0.5, 0.6) is 0 Å². The van der Waals surface area contributed by atoms with E-state index in [2.05, 4.69) is 22.8 Å². The predicted molar refractivity (Wildman–Crippen MR) is 121 cm³/mol. The Morgan fingerprint density at radius 1 is 1.00 bits per heavy atom. The topological polar surface area (TPSA) is 125 Å². The molecular formula is C25H28N2O6. The molecule has 1 fully saturated rings. The number of aliphatic carboxylic acids is 1. The fourth-order valence-electron chi connectivity index (χ4n) is 4.28. The molecule has 8 heteroatoms. The van der Waals surface area contributed by atoms with E-state index in [1.807, 2.05) is 36.4 Å². The summed E-state index contributed by atoms with van der Waals surface area (Å²) < 4.78 is 5.55. The van der Waals surface area contributed by atoms with Gasteiger partial charge in [0.15, 0.2) is 6.10 Å². The Labute approximate surface area is 192 Å². The van der Waals surface area contributed by atoms with Gasteiger partial charge in [-0.1, -0.05) is 61.4 Å². The molecule has 0 radical (unpaired) electrons. The van der Waals surface area contributed by atoms with Gasteiger partial charge < -0.3 is 25.6 Å². The zero-order valence-corrected chi connectivity index (χ0v) is 18.2. The molecule has 174 valence electrons. The van der Waals surface area contributed by atoms with Gasteiger partial charge in [0.2, 0.25) is 5.91 Å². The second-order valence-electron chi connectivity index (χ2n) is 8.64. The lowest BCUT2D eigenvalue weighted by Gasteiger charge is -2.20. The minimum absolute atomic E-state index is 0.000162. The molecule has 2 aliphatic carbocycles. The van der Waals surface area contributed by atoms with Crippen molar-refractivity contribution >= 4 is 18.0 Å². The summed E-state index contributed by atoms with van der Waals surface area (Å²) in [7, 11) is 0. The van der Waals surface area contributed by atoms with E-state index in [0.29, 0.717) is 12.3 Å². The number of carbonyl (C=O) groups is 3. The first kappa shape index (κ1) is 22.8. The van der Waals surface area contributed by atoms with Crippen LogP contribution in [0.2, 0.25) is 0 Å². The predicted octanol–water partition coefficient (Wildman–Crippen LogP) is 2.65. The van der Waals surface area contributed by atoms with E-state index < -0.39 is 30.1 Å². The summed E-state index contributed by atoms with van der Waals surface area (Å²) in [5.74, 6) is -1.45. The number of carboxylic acids is 1. The van der Waals surface area contributed by atoms with Crippen molar-refractivity contribution in [3.05, 3.63) is 59.7 Å². The van der Waals surface area contributed by atoms with Crippen LogP contribution in [0.1, 0.15) is 42.7 Å². The van der Waals surface area contributed by atoms with Gasteiger partial charge in [0.05, 0.1) is 0 Å². The number of fused-ring (bicyclic) bond motifs is 3. The van der Waals surface area contributed by atoms with E-state index in [0.717, 1.165) is 35.1 Å². The first-order chi connectivity index (χ1) is 15.9. The molecule has 4 N–H and O–H groups in total. The zero-order valence-electron chi connectivity index (χ0n) is 18.2. The van der Waals surface area contributed by atoms with Crippen molar-refractivity contribution in [3.8, 4) is 11.1 Å². The lowest BCUT2D eigenvalue weighted by molar-refractivity contribution is -0.147. The van der Waals surface area contributed by atoms with E-state index in [-0.39, 0.29) is 25.5 Å². The van der Waals surface area contributed by atoms with Crippen LogP contribution in [0.3, 0.4) is 0 Å². The molecule has 0 heterocycles. The second-order valence-corrected chi connectivity index (χ2v) is 8.64. The molecule has 4 rings (SSSR count). The Kier molecular flexibility index (Phi) is 6.93. The van der Waals surface area contributed by atoms with Crippen LogP contribution >= 0.6 is 0 Å². The molecule has 8 nitrogen and oxygen atoms in total. The molecule has 2 amide bonds. The Balaban J connectivity index is 1.34. The minimum Gasteiger partial charge on any atom is -0.479 e. The third-order valence-corrected chi connectivity index (χ3v) is 6.22. The summed E-state index contributed by atoms with van der Waals surface area (Å²) in [5.41, 5.74) is 4.49. The number of hydrogen-bond acceptors (Lipinski definition) is 5. The molecule has 0 aromatic heterocycles. The van der Waals surface area contributed by atoms with Gasteiger partial charge in [-0.25, -0.2) is 9.59 Å². The van der Waals surface area contributed by atoms with E-state index in [9.17, 15) is 19.5 Å². The summed E-state index contributed by atoms with van der Waals surface area (Å²) in [6.07, 6.45) is 0.201. The van der Waals surface area contributed by atoms with Crippen molar-refractivity contribution in [2.45, 2.75) is 43.7 Å². The fraction of sp³-hybridized carbons (Fsp3) is 0.400. The van der Waals surface area contributed by atoms with Crippen molar-refractivity contribution in [1.29, 1.82) is 0 Å². The average molecular weight is 453 g/mol. The summed E-state index contributed by atoms with van der Waals surface area (Å²) in [6.45, 7) is 0.155. The molecule has 2 aromatic rings. The van der Waals surface area contributed by atoms with Gasteiger partial charge in [0, 0.05) is 18.9 Å². The number of nitrogens with one attached hydrogen (secondary N) is 2. The van der Waals surface area contributed by atoms with Crippen molar-refractivity contribution < 1.29 is 29.3 Å². The molecule has 0 saturated heterocycles. The van der Waals surface area contributed by atoms with Crippen LogP contribution in [-0.2, 0) is 14.3 Å². The van der Waals surface area contributed by atoms with Gasteiger partial charge in [0.25, 0.3) is 0 Å². The molecule has 2 unspecified atom stereocenters. The quantitative estimate of drug-likeness (QED) is 0.439. The highest BCUT2D eigenvalue weighted by atomic mass is 16.5. The van der Waals surface area contributed by atoms with E-state index in [1.54, 1.807) is 0 Å². The maximum Gasteiger partial charge on any atom is 0.407 e. The molecule has 2 aliphatic rings. The van der Waals surface area contributed by atoms with Crippen molar-refractivity contribution in [1.82, 2.24) is 10.6 Å². The Hall–Kier alpha value is -3.39. The van der Waals surface area contributed by atoms with Crippen LogP contribution in [0.4, 0.5) is 4.79 Å². The normalized spacial score (nSPS) is 16.3. The molecule has 0 bridgehead atoms. The van der Waals surface area contributed by atoms with Crippen LogP contribution in [0.25, 0.3) is 11.1 Å². The maximum absolute atomic E-state index is 12.6. The van der Waals surface area contributed by atoms with Gasteiger partial charge in [-0.2, -0.15) is 0 Å². The third kappa shape index (κ3) is 5.51. The summed E-state index contributed by atoms with van der Waals surface area (Å²) in [4.78, 5) is 35.9. The van der Waals surface area contributed by atoms with Crippen LogP contribution in [0, 0.1) is 5.92 Å². The Morgan fingerprint density at radius 3 is 2.18 bits per heavy atom. The van der Waals surface area contributed by atoms with E-state index in [1.165, 1.54) is 0 Å². The largest absolute Gasteiger partial charge is 0.479 e. The highest BCUT2D eigenvalue weighted by Crippen LogP contribution is 2.44. The number of aliphatic hydroxyl groups is 1. The number of benzene rings is 2. The van der Waals surface area contributed by atoms with Gasteiger partial charge in [-0.15, -0.1) is 0 Å². The molecule has 0 spiro atoms. The SMILES string of the molecule is O=C(NC(CC1CC1)C(=O)NCCC(O)C(=O)O)OCC1c2ccccc2-c2ccccc21. The van der Waals surface area contributed by atoms with Crippen LogP contribution in [0.15, 0.2) is 48.5 Å². The van der Waals surface area contributed by atoms with E-state index >= 15 is 0 Å². The van der Waals surface area contributed by atoms with Gasteiger partial charge >= 0.3 is 12.1 Å². The van der Waals surface area contributed by atoms with Crippen molar-refractivity contribution in [3.63, 3.8) is 0 Å². The monoisotopic (exact) mass is 452 g/mol. The molecular weight excluding hydrogens is 424 g/mol. The zero-order chi connectivity index (χ0) is 23.4. The smallest absolute Gasteiger partial charge is 0.407 e. The minimum atomic E-state index is -1.54. The number of aliphatic hydroxyl groups excluding tert-OH is 1. The maximum atomic E-state index is 12.6. The molecule has 2 aromatic carbocycles. The van der Waals surface area contributed by atoms with Crippen LogP contribution < -0.4 is 10.6 Å². The number of ether oxygens (including phenoxy) is 1. The van der Waals surface area contributed by atoms with Gasteiger partial charge in [-0.05, 0) is 34.6 Å². The Bertz CT molecular complexity index is 990. The summed E-state index contributed by atoms with van der Waals surface area (Å²) in [5, 5.41) is 23.4. The second kappa shape index (κ2) is 10.0. The molecule has 2 atom stereocenters. The van der Waals surface area contributed by atoms with Crippen molar-refractivity contribution in [2.24, 2.45) is 5.92 Å². The average Bonchev–Trinajstić information content (AvgIpc) is 3.57. The molecule has 1 saturated carbocycles.